The van der Waals surface area contributed by atoms with Crippen molar-refractivity contribution in [3.05, 3.63) is 34.7 Å². The number of hydrogen-bond acceptors (Lipinski definition) is 1. The van der Waals surface area contributed by atoms with E-state index in [0.29, 0.717) is 5.92 Å². The van der Waals surface area contributed by atoms with E-state index >= 15 is 0 Å². The van der Waals surface area contributed by atoms with Crippen molar-refractivity contribution in [2.45, 2.75) is 32.1 Å². The highest BCUT2D eigenvalue weighted by Gasteiger charge is 2.24. The molecule has 1 heteroatoms. The van der Waals surface area contributed by atoms with Gasteiger partial charge in [0.25, 0.3) is 0 Å². The normalized spacial score (nSPS) is 20.8. The zero-order chi connectivity index (χ0) is 11.0. The largest absolute Gasteiger partial charge is 0.290 e. The number of fused-ring (bicyclic) bond motifs is 1. The molecule has 82 valence electrons. The standard InChI is InChI=1S/C15H16O/c16-14-10-12-8-4-5-9-13(12)15(14)11-6-2-1-3-7-11/h4-5,8-11H,1-3,6-7H2. The van der Waals surface area contributed by atoms with E-state index in [1.807, 2.05) is 18.2 Å². The molecule has 1 aromatic carbocycles. The summed E-state index contributed by atoms with van der Waals surface area (Å²) in [6.45, 7) is 0. The van der Waals surface area contributed by atoms with Gasteiger partial charge in [-0.1, -0.05) is 43.5 Å². The lowest BCUT2D eigenvalue weighted by Crippen LogP contribution is -2.25. The topological polar surface area (TPSA) is 17.1 Å². The Bertz CT molecular complexity index is 533. The molecule has 3 rings (SSSR count). The van der Waals surface area contributed by atoms with Crippen molar-refractivity contribution in [1.29, 1.82) is 0 Å². The van der Waals surface area contributed by atoms with E-state index < -0.39 is 0 Å². The number of benzene rings is 1. The first-order valence-electron chi connectivity index (χ1n) is 6.21. The maximum atomic E-state index is 12.0. The third-order valence-corrected chi connectivity index (χ3v) is 3.82. The summed E-state index contributed by atoms with van der Waals surface area (Å²) >= 11 is 0. The number of Topliss-reactive ketones (excluding diaryl/α,β-unsaturated/α-hetero) is 1. The van der Waals surface area contributed by atoms with Gasteiger partial charge in [0.05, 0.1) is 0 Å². The molecular weight excluding hydrogens is 196 g/mol. The Morgan fingerprint density at radius 1 is 1.00 bits per heavy atom. The number of rotatable bonds is 1. The van der Waals surface area contributed by atoms with Crippen LogP contribution >= 0.6 is 0 Å². The van der Waals surface area contributed by atoms with Gasteiger partial charge >= 0.3 is 0 Å². The second kappa shape index (κ2) is 3.89. The van der Waals surface area contributed by atoms with Gasteiger partial charge in [0.2, 0.25) is 0 Å². The first kappa shape index (κ1) is 9.83. The van der Waals surface area contributed by atoms with Crippen molar-refractivity contribution in [3.8, 4) is 0 Å². The van der Waals surface area contributed by atoms with Crippen molar-refractivity contribution in [3.63, 3.8) is 0 Å². The second-order valence-corrected chi connectivity index (χ2v) is 4.84. The van der Waals surface area contributed by atoms with Crippen LogP contribution in [0.25, 0.3) is 11.6 Å². The Balaban J connectivity index is 2.13. The Hall–Kier alpha value is -1.37. The molecule has 1 nitrogen and oxygen atoms in total. The van der Waals surface area contributed by atoms with Crippen LogP contribution in [0.2, 0.25) is 0 Å². The third kappa shape index (κ3) is 1.51. The summed E-state index contributed by atoms with van der Waals surface area (Å²) in [5.74, 6) is 0.772. The van der Waals surface area contributed by atoms with E-state index in [2.05, 4.69) is 6.07 Å². The maximum Gasteiger partial charge on any atom is 0.183 e. The van der Waals surface area contributed by atoms with Crippen LogP contribution in [-0.2, 0) is 4.79 Å². The van der Waals surface area contributed by atoms with Crippen molar-refractivity contribution < 1.29 is 4.79 Å². The van der Waals surface area contributed by atoms with Crippen LogP contribution in [0.5, 0.6) is 0 Å². The van der Waals surface area contributed by atoms with E-state index in [1.54, 1.807) is 6.08 Å². The van der Waals surface area contributed by atoms with Gasteiger partial charge in [-0.15, -0.1) is 0 Å². The molecule has 0 spiro atoms. The highest BCUT2D eigenvalue weighted by Crippen LogP contribution is 2.31. The number of carbonyl (C=O) groups excluding carboxylic acids is 1. The Labute approximate surface area is 95.5 Å². The molecule has 2 aliphatic rings. The lowest BCUT2D eigenvalue weighted by molar-refractivity contribution is -0.108. The van der Waals surface area contributed by atoms with Crippen LogP contribution in [0.4, 0.5) is 0 Å². The van der Waals surface area contributed by atoms with E-state index in [0.717, 1.165) is 10.8 Å². The highest BCUT2D eigenvalue weighted by atomic mass is 16.1. The van der Waals surface area contributed by atoms with E-state index in [9.17, 15) is 4.79 Å². The molecule has 16 heavy (non-hydrogen) atoms. The summed E-state index contributed by atoms with van der Waals surface area (Å²) in [5.41, 5.74) is 1.09. The molecule has 0 saturated heterocycles. The molecule has 1 aromatic rings. The zero-order valence-corrected chi connectivity index (χ0v) is 9.41. The smallest absolute Gasteiger partial charge is 0.183 e. The van der Waals surface area contributed by atoms with Gasteiger partial charge in [0, 0.05) is 5.57 Å². The molecule has 2 aliphatic carbocycles. The van der Waals surface area contributed by atoms with Crippen LogP contribution in [0.15, 0.2) is 24.3 Å². The van der Waals surface area contributed by atoms with Gasteiger partial charge in [-0.05, 0) is 35.3 Å². The molecule has 0 unspecified atom stereocenters. The Kier molecular flexibility index (Phi) is 2.39. The zero-order valence-electron chi connectivity index (χ0n) is 9.41. The molecule has 0 radical (unpaired) electrons. The van der Waals surface area contributed by atoms with Gasteiger partial charge in [-0.25, -0.2) is 0 Å². The van der Waals surface area contributed by atoms with Crippen molar-refractivity contribution in [2.24, 2.45) is 5.92 Å². The average Bonchev–Trinajstić information content (AvgIpc) is 2.66. The van der Waals surface area contributed by atoms with Crippen molar-refractivity contribution in [1.82, 2.24) is 0 Å². The molecule has 0 aromatic heterocycles. The first-order chi connectivity index (χ1) is 7.86. The summed E-state index contributed by atoms with van der Waals surface area (Å²) in [4.78, 5) is 12.0. The van der Waals surface area contributed by atoms with E-state index in [-0.39, 0.29) is 5.78 Å². The fraction of sp³-hybridized carbons (Fsp3) is 0.400. The third-order valence-electron chi connectivity index (χ3n) is 3.82. The summed E-state index contributed by atoms with van der Waals surface area (Å²) in [5, 5.41) is 2.31. The molecule has 0 heterocycles. The molecule has 0 N–H and O–H groups in total. The van der Waals surface area contributed by atoms with Crippen molar-refractivity contribution in [2.75, 3.05) is 0 Å². The van der Waals surface area contributed by atoms with Crippen molar-refractivity contribution >= 4 is 17.4 Å². The lowest BCUT2D eigenvalue weighted by Gasteiger charge is -2.22. The predicted octanol–water partition coefficient (Wildman–Crippen LogP) is 1.78. The van der Waals surface area contributed by atoms with Gasteiger partial charge in [0.1, 0.15) is 0 Å². The van der Waals surface area contributed by atoms with E-state index in [1.165, 1.54) is 37.3 Å². The molecule has 1 saturated carbocycles. The summed E-state index contributed by atoms with van der Waals surface area (Å²) < 4.78 is 0. The fourth-order valence-electron chi connectivity index (χ4n) is 3.03. The average molecular weight is 212 g/mol. The Morgan fingerprint density at radius 2 is 1.75 bits per heavy atom. The van der Waals surface area contributed by atoms with Crippen LogP contribution in [0.1, 0.15) is 32.1 Å². The van der Waals surface area contributed by atoms with Crippen LogP contribution in [-0.4, -0.2) is 5.78 Å². The minimum Gasteiger partial charge on any atom is -0.290 e. The summed E-state index contributed by atoms with van der Waals surface area (Å²) in [6, 6.07) is 8.18. The molecule has 1 fully saturated rings. The molecule has 0 aliphatic heterocycles. The van der Waals surface area contributed by atoms with Crippen LogP contribution in [0, 0.1) is 5.92 Å². The quantitative estimate of drug-likeness (QED) is 0.693. The molecular formula is C15H16O. The van der Waals surface area contributed by atoms with Gasteiger partial charge in [0.15, 0.2) is 5.78 Å². The molecule has 0 bridgehead atoms. The minimum atomic E-state index is 0.258. The first-order valence-corrected chi connectivity index (χ1v) is 6.21. The number of ketones is 1. The predicted molar refractivity (Wildman–Crippen MR) is 65.1 cm³/mol. The number of hydrogen-bond donors (Lipinski definition) is 0. The van der Waals surface area contributed by atoms with Crippen LogP contribution < -0.4 is 10.4 Å². The second-order valence-electron chi connectivity index (χ2n) is 4.84. The Morgan fingerprint density at radius 3 is 2.56 bits per heavy atom. The molecule has 0 atom stereocenters. The van der Waals surface area contributed by atoms with Gasteiger partial charge in [-0.2, -0.15) is 0 Å². The lowest BCUT2D eigenvalue weighted by atomic mass is 9.82. The summed E-state index contributed by atoms with van der Waals surface area (Å²) in [7, 11) is 0. The highest BCUT2D eigenvalue weighted by molar-refractivity contribution is 6.33. The monoisotopic (exact) mass is 212 g/mol. The summed E-state index contributed by atoms with van der Waals surface area (Å²) in [6.07, 6.45) is 8.10. The van der Waals surface area contributed by atoms with Crippen LogP contribution in [0.3, 0.4) is 0 Å². The maximum absolute atomic E-state index is 12.0. The van der Waals surface area contributed by atoms with Gasteiger partial charge in [-0.3, -0.25) is 4.79 Å². The minimum absolute atomic E-state index is 0.258. The van der Waals surface area contributed by atoms with Gasteiger partial charge < -0.3 is 0 Å². The van der Waals surface area contributed by atoms with E-state index in [4.69, 9.17) is 0 Å². The fourth-order valence-corrected chi connectivity index (χ4v) is 3.03. The molecule has 0 amide bonds. The SMILES string of the molecule is O=C1C=c2ccccc2=C1C1CCCCC1. The number of carbonyl (C=O) groups is 1.